The summed E-state index contributed by atoms with van der Waals surface area (Å²) in [5, 5.41) is 0. The van der Waals surface area contributed by atoms with Crippen molar-refractivity contribution in [3.63, 3.8) is 0 Å². The maximum Gasteiger partial charge on any atom is 0.108 e. The van der Waals surface area contributed by atoms with Gasteiger partial charge in [-0.3, -0.25) is 0 Å². The van der Waals surface area contributed by atoms with E-state index >= 15 is 0 Å². The van der Waals surface area contributed by atoms with Crippen LogP contribution in [0.4, 0.5) is 4.39 Å². The Morgan fingerprint density at radius 3 is 2.64 bits per heavy atom. The zero-order chi connectivity index (χ0) is 8.69. The van der Waals surface area contributed by atoms with Gasteiger partial charge in [-0.25, -0.2) is 4.39 Å². The molecule has 0 aromatic heterocycles. The van der Waals surface area contributed by atoms with Gasteiger partial charge in [0, 0.05) is 6.04 Å². The van der Waals surface area contributed by atoms with Gasteiger partial charge in [0.1, 0.15) is 6.67 Å². The van der Waals surface area contributed by atoms with Gasteiger partial charge >= 0.3 is 0 Å². The Morgan fingerprint density at radius 2 is 2.27 bits per heavy atom. The van der Waals surface area contributed by atoms with E-state index in [0.717, 1.165) is 12.0 Å². The summed E-state index contributed by atoms with van der Waals surface area (Å²) in [5.41, 5.74) is 6.63. The lowest BCUT2D eigenvalue weighted by molar-refractivity contribution is 0.561. The fraction of sp³-hybridized carbons (Fsp3) is 0.556. The average molecular weight is 157 g/mol. The van der Waals surface area contributed by atoms with Crippen molar-refractivity contribution in [3.8, 4) is 0 Å². The number of allylic oxidation sites excluding steroid dienone is 2. The molecule has 0 aromatic carbocycles. The van der Waals surface area contributed by atoms with E-state index in [0.29, 0.717) is 0 Å². The molecular weight excluding hydrogens is 141 g/mol. The summed E-state index contributed by atoms with van der Waals surface area (Å²) in [7, 11) is 0. The maximum absolute atomic E-state index is 11.7. The Bertz CT molecular complexity index is 148. The van der Waals surface area contributed by atoms with Crippen molar-refractivity contribution in [2.24, 2.45) is 5.73 Å². The number of alkyl halides is 1. The lowest BCUT2D eigenvalue weighted by atomic mass is 10.1. The van der Waals surface area contributed by atoms with Crippen LogP contribution in [-0.2, 0) is 0 Å². The van der Waals surface area contributed by atoms with Crippen LogP contribution in [0.1, 0.15) is 20.3 Å². The third-order valence-electron chi connectivity index (χ3n) is 1.36. The standard InChI is InChI=1S/C9H16FN/c1-3-5-9(8(2)11)6-4-7-10/h4-6,8H,3,7,11H2,1-2H3/b6-4-,9-5+. The molecule has 1 atom stereocenters. The molecule has 11 heavy (non-hydrogen) atoms. The second-order valence-electron chi connectivity index (χ2n) is 2.46. The van der Waals surface area contributed by atoms with Gasteiger partial charge in [0.05, 0.1) is 0 Å². The summed E-state index contributed by atoms with van der Waals surface area (Å²) in [5.74, 6) is 0. The summed E-state index contributed by atoms with van der Waals surface area (Å²) < 4.78 is 11.7. The van der Waals surface area contributed by atoms with E-state index in [2.05, 4.69) is 0 Å². The summed E-state index contributed by atoms with van der Waals surface area (Å²) in [6, 6.07) is -0.00208. The summed E-state index contributed by atoms with van der Waals surface area (Å²) >= 11 is 0. The van der Waals surface area contributed by atoms with Crippen LogP contribution < -0.4 is 5.73 Å². The molecule has 0 spiro atoms. The van der Waals surface area contributed by atoms with Crippen molar-refractivity contribution < 1.29 is 4.39 Å². The van der Waals surface area contributed by atoms with Gasteiger partial charge in [-0.1, -0.05) is 25.2 Å². The highest BCUT2D eigenvalue weighted by Crippen LogP contribution is 2.03. The van der Waals surface area contributed by atoms with E-state index in [1.807, 2.05) is 19.9 Å². The van der Waals surface area contributed by atoms with E-state index in [1.54, 1.807) is 6.08 Å². The van der Waals surface area contributed by atoms with Gasteiger partial charge < -0.3 is 5.73 Å². The fourth-order valence-corrected chi connectivity index (χ4v) is 0.822. The second kappa shape index (κ2) is 6.10. The van der Waals surface area contributed by atoms with Crippen molar-refractivity contribution in [1.82, 2.24) is 0 Å². The van der Waals surface area contributed by atoms with E-state index < -0.39 is 6.67 Å². The molecule has 0 aliphatic heterocycles. The Balaban J connectivity index is 4.11. The zero-order valence-corrected chi connectivity index (χ0v) is 7.18. The van der Waals surface area contributed by atoms with Gasteiger partial charge in [-0.05, 0) is 18.9 Å². The zero-order valence-electron chi connectivity index (χ0n) is 7.18. The molecule has 64 valence electrons. The third-order valence-corrected chi connectivity index (χ3v) is 1.36. The van der Waals surface area contributed by atoms with Crippen LogP contribution in [0.5, 0.6) is 0 Å². The first-order chi connectivity index (χ1) is 5.22. The van der Waals surface area contributed by atoms with Gasteiger partial charge in [0.15, 0.2) is 0 Å². The monoisotopic (exact) mass is 157 g/mol. The quantitative estimate of drug-likeness (QED) is 0.622. The predicted octanol–water partition coefficient (Wildman–Crippen LogP) is 2.20. The van der Waals surface area contributed by atoms with Crippen LogP contribution in [0.25, 0.3) is 0 Å². The van der Waals surface area contributed by atoms with Gasteiger partial charge in [0.25, 0.3) is 0 Å². The lowest BCUT2D eigenvalue weighted by Gasteiger charge is -2.04. The molecule has 0 aromatic rings. The molecule has 0 amide bonds. The van der Waals surface area contributed by atoms with Crippen LogP contribution in [0.3, 0.4) is 0 Å². The van der Waals surface area contributed by atoms with Crippen molar-refractivity contribution in [2.75, 3.05) is 6.67 Å². The van der Waals surface area contributed by atoms with Crippen molar-refractivity contribution in [2.45, 2.75) is 26.3 Å². The first-order valence-corrected chi connectivity index (χ1v) is 3.90. The van der Waals surface area contributed by atoms with Gasteiger partial charge in [-0.15, -0.1) is 0 Å². The van der Waals surface area contributed by atoms with Crippen molar-refractivity contribution in [1.29, 1.82) is 0 Å². The number of nitrogens with two attached hydrogens (primary N) is 1. The van der Waals surface area contributed by atoms with Gasteiger partial charge in [-0.2, -0.15) is 0 Å². The van der Waals surface area contributed by atoms with E-state index in [1.165, 1.54) is 6.08 Å². The van der Waals surface area contributed by atoms with Crippen molar-refractivity contribution in [3.05, 3.63) is 23.8 Å². The Labute approximate surface area is 67.8 Å². The topological polar surface area (TPSA) is 26.0 Å². The van der Waals surface area contributed by atoms with E-state index in [4.69, 9.17) is 5.73 Å². The number of halogens is 1. The van der Waals surface area contributed by atoms with Crippen LogP contribution in [-0.4, -0.2) is 12.7 Å². The van der Waals surface area contributed by atoms with Gasteiger partial charge in [0.2, 0.25) is 0 Å². The molecule has 2 N–H and O–H groups in total. The highest BCUT2D eigenvalue weighted by Gasteiger charge is 1.96. The smallest absolute Gasteiger partial charge is 0.108 e. The molecule has 0 saturated heterocycles. The number of hydrogen-bond acceptors (Lipinski definition) is 1. The van der Waals surface area contributed by atoms with E-state index in [-0.39, 0.29) is 6.04 Å². The first kappa shape index (κ1) is 10.4. The van der Waals surface area contributed by atoms with Crippen LogP contribution in [0.15, 0.2) is 23.8 Å². The Morgan fingerprint density at radius 1 is 1.64 bits per heavy atom. The Kier molecular flexibility index (Phi) is 5.75. The minimum atomic E-state index is -0.423. The van der Waals surface area contributed by atoms with Crippen molar-refractivity contribution >= 4 is 0 Å². The first-order valence-electron chi connectivity index (χ1n) is 3.90. The summed E-state index contributed by atoms with van der Waals surface area (Å²) in [4.78, 5) is 0. The molecule has 0 radical (unpaired) electrons. The molecule has 0 heterocycles. The molecule has 0 fully saturated rings. The van der Waals surface area contributed by atoms with Crippen LogP contribution in [0.2, 0.25) is 0 Å². The summed E-state index contributed by atoms with van der Waals surface area (Å²) in [6.07, 6.45) is 6.17. The molecule has 0 bridgehead atoms. The summed E-state index contributed by atoms with van der Waals surface area (Å²) in [6.45, 7) is 3.50. The third kappa shape index (κ3) is 4.73. The molecule has 1 nitrogen and oxygen atoms in total. The molecule has 0 aliphatic rings. The Hall–Kier alpha value is -0.630. The number of rotatable bonds is 4. The molecule has 0 aliphatic carbocycles. The molecule has 1 unspecified atom stereocenters. The molecular formula is C9H16FN. The average Bonchev–Trinajstić information content (AvgIpc) is 1.97. The lowest BCUT2D eigenvalue weighted by Crippen LogP contribution is -2.16. The van der Waals surface area contributed by atoms with Crippen LogP contribution >= 0.6 is 0 Å². The highest BCUT2D eigenvalue weighted by atomic mass is 19.1. The fourth-order valence-electron chi connectivity index (χ4n) is 0.822. The maximum atomic E-state index is 11.7. The normalized spacial score (nSPS) is 15.8. The minimum absolute atomic E-state index is 0.00208. The second-order valence-corrected chi connectivity index (χ2v) is 2.46. The SMILES string of the molecule is CC/C=C(\C=C/CF)C(C)N. The predicted molar refractivity (Wildman–Crippen MR) is 47.1 cm³/mol. The molecule has 2 heteroatoms. The largest absolute Gasteiger partial charge is 0.324 e. The highest BCUT2D eigenvalue weighted by molar-refractivity contribution is 5.23. The molecule has 0 saturated carbocycles. The van der Waals surface area contributed by atoms with Crippen LogP contribution in [0, 0.1) is 0 Å². The minimum Gasteiger partial charge on any atom is -0.324 e. The van der Waals surface area contributed by atoms with E-state index in [9.17, 15) is 4.39 Å². The number of hydrogen-bond donors (Lipinski definition) is 1. The molecule has 0 rings (SSSR count).